The molecule has 3 aromatic heterocycles. The van der Waals surface area contributed by atoms with Crippen LogP contribution in [0.15, 0.2) is 52.5 Å². The van der Waals surface area contributed by atoms with Gasteiger partial charge in [0.1, 0.15) is 23.8 Å². The number of fused-ring (bicyclic) bond motifs is 3. The molecule has 5 heterocycles. The molecule has 0 fully saturated rings. The molecule has 0 radical (unpaired) electrons. The Morgan fingerprint density at radius 1 is 1.15 bits per heavy atom. The molecule has 18 nitrogen and oxygen atoms in total. The molecule has 1 aromatic carbocycles. The Bertz CT molecular complexity index is 1970. The van der Waals surface area contributed by atoms with Crippen LogP contribution < -0.4 is 34.9 Å². The van der Waals surface area contributed by atoms with Crippen LogP contribution in [0.1, 0.15) is 46.7 Å². The summed E-state index contributed by atoms with van der Waals surface area (Å²) in [4.78, 5) is 73.7. The van der Waals surface area contributed by atoms with Gasteiger partial charge >= 0.3 is 0 Å². The van der Waals surface area contributed by atoms with E-state index in [1.165, 1.54) is 18.1 Å². The molecule has 55 heavy (non-hydrogen) atoms. The molecule has 0 saturated heterocycles. The Labute approximate surface area is 319 Å². The van der Waals surface area contributed by atoms with Crippen LogP contribution in [0.2, 0.25) is 0 Å². The number of thiophene rings is 1. The van der Waals surface area contributed by atoms with Gasteiger partial charge in [-0.1, -0.05) is 25.1 Å². The normalized spacial score (nSPS) is 18.3. The van der Waals surface area contributed by atoms with Crippen molar-refractivity contribution in [2.75, 3.05) is 40.0 Å². The molecule has 0 aliphatic carbocycles. The van der Waals surface area contributed by atoms with Crippen LogP contribution >= 0.6 is 11.3 Å². The van der Waals surface area contributed by atoms with Gasteiger partial charge in [0.2, 0.25) is 17.6 Å². The lowest BCUT2D eigenvalue weighted by Gasteiger charge is -2.32. The van der Waals surface area contributed by atoms with E-state index in [1.807, 2.05) is 13.8 Å². The number of nitrogens with zero attached hydrogens (tertiary/aromatic N) is 4. The average molecular weight is 780 g/mol. The van der Waals surface area contributed by atoms with E-state index in [4.69, 9.17) is 33.4 Å². The maximum atomic E-state index is 14.0. The van der Waals surface area contributed by atoms with E-state index in [2.05, 4.69) is 31.1 Å². The highest BCUT2D eigenvalue weighted by Gasteiger charge is 2.34. The van der Waals surface area contributed by atoms with Crippen molar-refractivity contribution in [3.05, 3.63) is 64.3 Å². The molecule has 2 unspecified atom stereocenters. The Morgan fingerprint density at radius 2 is 1.93 bits per heavy atom. The van der Waals surface area contributed by atoms with Crippen molar-refractivity contribution in [3.63, 3.8) is 0 Å². The predicted molar refractivity (Wildman–Crippen MR) is 195 cm³/mol. The number of carbonyl (C=O) groups excluding carboxylic acids is 4. The van der Waals surface area contributed by atoms with Crippen LogP contribution in [0.4, 0.5) is 0 Å². The molecule has 0 spiro atoms. The van der Waals surface area contributed by atoms with Gasteiger partial charge in [-0.2, -0.15) is 4.98 Å². The van der Waals surface area contributed by atoms with Crippen LogP contribution in [0, 0.1) is 5.92 Å². The van der Waals surface area contributed by atoms with Crippen LogP contribution in [-0.4, -0.2) is 113 Å². The molecular formula is C36H41N7O11S. The number of pyridine rings is 1. The van der Waals surface area contributed by atoms with E-state index in [0.29, 0.717) is 29.6 Å². The van der Waals surface area contributed by atoms with Crippen LogP contribution in [0.3, 0.4) is 0 Å². The van der Waals surface area contributed by atoms with Gasteiger partial charge in [0.05, 0.1) is 19.7 Å². The lowest BCUT2D eigenvalue weighted by molar-refractivity contribution is -0.130. The molecule has 19 heteroatoms. The predicted octanol–water partition coefficient (Wildman–Crippen LogP) is 2.20. The second-order valence-corrected chi connectivity index (χ2v) is 13.5. The van der Waals surface area contributed by atoms with Crippen LogP contribution in [0.5, 0.6) is 23.0 Å². The fourth-order valence-electron chi connectivity index (χ4n) is 5.61. The number of carboxylic acid groups (broad SMARTS) is 1. The third kappa shape index (κ3) is 10.0. The van der Waals surface area contributed by atoms with Gasteiger partial charge in [-0.15, -0.1) is 11.3 Å². The highest BCUT2D eigenvalue weighted by molar-refractivity contribution is 7.12. The number of aromatic nitrogens is 3. The minimum atomic E-state index is -1.30. The maximum absolute atomic E-state index is 14.0. The number of nitrogens with one attached hydrogen (secondary N) is 3. The Balaban J connectivity index is 0.00000187. The summed E-state index contributed by atoms with van der Waals surface area (Å²) in [5.41, 5.74) is 0.784. The van der Waals surface area contributed by atoms with Gasteiger partial charge in [-0.3, -0.25) is 29.0 Å². The molecule has 2 aliphatic rings. The quantitative estimate of drug-likeness (QED) is 0.188. The summed E-state index contributed by atoms with van der Waals surface area (Å²) in [5, 5.41) is 21.2. The van der Waals surface area contributed by atoms with E-state index >= 15 is 0 Å². The molecule has 4 N–H and O–H groups in total. The number of benzene rings is 1. The van der Waals surface area contributed by atoms with Crippen LogP contribution in [-0.2, 0) is 20.8 Å². The topological polar surface area (TPSA) is 234 Å². The first-order chi connectivity index (χ1) is 26.5. The van der Waals surface area contributed by atoms with E-state index < -0.39 is 41.8 Å². The van der Waals surface area contributed by atoms with Gasteiger partial charge in [-0.05, 0) is 43.2 Å². The molecule has 2 bridgehead atoms. The number of amides is 4. The van der Waals surface area contributed by atoms with E-state index in [-0.39, 0.29) is 72.9 Å². The number of carbonyl (C=O) groups is 5. The Hall–Kier alpha value is -6.24. The summed E-state index contributed by atoms with van der Waals surface area (Å²) in [6, 6.07) is 8.49. The number of hydrogen-bond donors (Lipinski definition) is 4. The first-order valence-corrected chi connectivity index (χ1v) is 18.1. The number of hydrogen-bond acceptors (Lipinski definition) is 14. The summed E-state index contributed by atoms with van der Waals surface area (Å²) in [6.45, 7) is 5.54. The minimum absolute atomic E-state index is 0.0126. The van der Waals surface area contributed by atoms with Crippen molar-refractivity contribution in [2.45, 2.75) is 45.4 Å². The van der Waals surface area contributed by atoms with Gasteiger partial charge < -0.3 is 49.4 Å². The fraction of sp³-hybridized carbons (Fsp3) is 0.389. The molecular weight excluding hydrogens is 739 g/mol. The zero-order chi connectivity index (χ0) is 39.5. The number of rotatable bonds is 8. The molecule has 4 aromatic rings. The van der Waals surface area contributed by atoms with Crippen molar-refractivity contribution < 1.29 is 52.5 Å². The number of ether oxygens (including phenoxy) is 4. The first kappa shape index (κ1) is 40.0. The molecule has 4 amide bonds. The third-order valence-electron chi connectivity index (χ3n) is 8.44. The van der Waals surface area contributed by atoms with E-state index in [0.717, 1.165) is 11.3 Å². The molecule has 3 atom stereocenters. The lowest BCUT2D eigenvalue weighted by atomic mass is 10.0. The van der Waals surface area contributed by atoms with Crippen LogP contribution in [0.25, 0.3) is 11.5 Å². The van der Waals surface area contributed by atoms with Crippen molar-refractivity contribution in [1.82, 2.24) is 36.0 Å². The van der Waals surface area contributed by atoms with E-state index in [9.17, 15) is 19.2 Å². The SMILES string of the molecule is COc1ccc2cc1OC(C(=O)NCCc1nc(-c3ccccn3)no1)[C@H](C)NC(=O)CN(C(=O)c1scc3c1OCCO3)CC(C(C)C)NC2=O.O=CO. The average Bonchev–Trinajstić information content (AvgIpc) is 3.84. The maximum Gasteiger partial charge on any atom is 0.290 e. The standard InChI is InChI=1S/C35H39N7O9S.CH2O2/c1-19(2)23-16-42(35(46)31-30-26(18-52-31)48-13-14-49-30)17-27(43)38-20(3)29(50-25-15-21(33(44)39-23)8-9-24(25)47-4)34(45)37-12-10-28-40-32(41-51-28)22-7-5-6-11-36-22;2-1-3/h5-9,11,15,18-20,23,29H,10,12-14,16-17H2,1-4H3,(H,37,45)(H,38,43)(H,39,44);1H,(H,2,3)/t20-,23?,29?;/m0./s1. The van der Waals surface area contributed by atoms with Crippen molar-refractivity contribution in [3.8, 4) is 34.5 Å². The summed E-state index contributed by atoms with van der Waals surface area (Å²) >= 11 is 1.15. The van der Waals surface area contributed by atoms with Crippen molar-refractivity contribution >= 4 is 41.4 Å². The largest absolute Gasteiger partial charge is 0.493 e. The number of methoxy groups -OCH3 is 1. The summed E-state index contributed by atoms with van der Waals surface area (Å²) in [6.07, 6.45) is 0.522. The molecule has 0 saturated carbocycles. The lowest BCUT2D eigenvalue weighted by Crippen LogP contribution is -2.55. The summed E-state index contributed by atoms with van der Waals surface area (Å²) in [7, 11) is 1.44. The van der Waals surface area contributed by atoms with Gasteiger partial charge in [0, 0.05) is 42.7 Å². The first-order valence-electron chi connectivity index (χ1n) is 17.2. The molecule has 292 valence electrons. The highest BCUT2D eigenvalue weighted by atomic mass is 32.1. The monoisotopic (exact) mass is 779 g/mol. The Morgan fingerprint density at radius 3 is 2.65 bits per heavy atom. The zero-order valence-corrected chi connectivity index (χ0v) is 31.3. The zero-order valence-electron chi connectivity index (χ0n) is 30.5. The van der Waals surface area contributed by atoms with Crippen molar-refractivity contribution in [1.29, 1.82) is 0 Å². The van der Waals surface area contributed by atoms with Gasteiger partial charge in [0.25, 0.3) is 24.2 Å². The highest BCUT2D eigenvalue weighted by Crippen LogP contribution is 2.40. The molecule has 6 rings (SSSR count). The van der Waals surface area contributed by atoms with E-state index in [1.54, 1.807) is 48.8 Å². The molecule has 2 aliphatic heterocycles. The second kappa shape index (κ2) is 18.7. The second-order valence-electron chi connectivity index (χ2n) is 12.6. The Kier molecular flexibility index (Phi) is 13.6. The van der Waals surface area contributed by atoms with Gasteiger partial charge in [0.15, 0.2) is 29.1 Å². The van der Waals surface area contributed by atoms with Crippen molar-refractivity contribution in [2.24, 2.45) is 5.92 Å². The van der Waals surface area contributed by atoms with Gasteiger partial charge in [-0.25, -0.2) is 0 Å². The summed E-state index contributed by atoms with van der Waals surface area (Å²) < 4.78 is 28.4. The smallest absolute Gasteiger partial charge is 0.290 e. The third-order valence-corrected chi connectivity index (χ3v) is 9.36. The minimum Gasteiger partial charge on any atom is -0.493 e. The fourth-order valence-corrected chi connectivity index (χ4v) is 6.51. The summed E-state index contributed by atoms with van der Waals surface area (Å²) in [5.74, 6) is -0.378.